The van der Waals surface area contributed by atoms with Gasteiger partial charge in [-0.15, -0.1) is 0 Å². The van der Waals surface area contributed by atoms with Crippen LogP contribution in [0.3, 0.4) is 0 Å². The van der Waals surface area contributed by atoms with Gasteiger partial charge in [0.15, 0.2) is 0 Å². The SMILES string of the molecule is COC(=O)c1ccc(C2CCN(C(=O)c3ccc[nH]3)C2)c(C(F)(F)F)c1. The van der Waals surface area contributed by atoms with E-state index in [0.29, 0.717) is 18.7 Å². The molecule has 1 saturated heterocycles. The lowest BCUT2D eigenvalue weighted by Crippen LogP contribution is -2.29. The van der Waals surface area contributed by atoms with E-state index >= 15 is 0 Å². The Morgan fingerprint density at radius 1 is 1.27 bits per heavy atom. The van der Waals surface area contributed by atoms with Crippen molar-refractivity contribution in [3.05, 3.63) is 58.9 Å². The molecular weight excluding hydrogens is 349 g/mol. The number of likely N-dealkylation sites (tertiary alicyclic amines) is 1. The fourth-order valence-electron chi connectivity index (χ4n) is 3.23. The van der Waals surface area contributed by atoms with Crippen molar-refractivity contribution in [2.24, 2.45) is 0 Å². The highest BCUT2D eigenvalue weighted by Gasteiger charge is 2.38. The first kappa shape index (κ1) is 18.0. The fourth-order valence-corrected chi connectivity index (χ4v) is 3.23. The minimum Gasteiger partial charge on any atom is -0.465 e. The van der Waals surface area contributed by atoms with Gasteiger partial charge in [-0.25, -0.2) is 4.79 Å². The van der Waals surface area contributed by atoms with E-state index in [0.717, 1.165) is 13.2 Å². The van der Waals surface area contributed by atoms with Crippen molar-refractivity contribution in [1.82, 2.24) is 9.88 Å². The fraction of sp³-hybridized carbons (Fsp3) is 0.333. The topological polar surface area (TPSA) is 62.4 Å². The van der Waals surface area contributed by atoms with Crippen LogP contribution in [0.2, 0.25) is 0 Å². The van der Waals surface area contributed by atoms with Gasteiger partial charge in [-0.05, 0) is 36.2 Å². The Bertz CT molecular complexity index is 816. The molecular formula is C18H17F3N2O3. The third kappa shape index (κ3) is 3.44. The average molecular weight is 366 g/mol. The van der Waals surface area contributed by atoms with Crippen molar-refractivity contribution in [2.75, 3.05) is 20.2 Å². The molecule has 1 atom stereocenters. The summed E-state index contributed by atoms with van der Waals surface area (Å²) in [5, 5.41) is 0. The summed E-state index contributed by atoms with van der Waals surface area (Å²) in [6.45, 7) is 0.567. The quantitative estimate of drug-likeness (QED) is 0.847. The second kappa shape index (κ2) is 6.86. The van der Waals surface area contributed by atoms with Crippen LogP contribution in [0.5, 0.6) is 0 Å². The van der Waals surface area contributed by atoms with Crippen molar-refractivity contribution in [1.29, 1.82) is 0 Å². The summed E-state index contributed by atoms with van der Waals surface area (Å²) in [6.07, 6.45) is -2.56. The van der Waals surface area contributed by atoms with Gasteiger partial charge in [-0.2, -0.15) is 13.2 Å². The second-order valence-corrected chi connectivity index (χ2v) is 6.11. The molecule has 138 valence electrons. The second-order valence-electron chi connectivity index (χ2n) is 6.11. The van der Waals surface area contributed by atoms with E-state index in [1.165, 1.54) is 17.0 Å². The number of alkyl halides is 3. The summed E-state index contributed by atoms with van der Waals surface area (Å²) in [4.78, 5) is 28.3. The van der Waals surface area contributed by atoms with Gasteiger partial charge in [-0.3, -0.25) is 4.79 Å². The molecule has 1 unspecified atom stereocenters. The number of ether oxygens (including phenoxy) is 1. The summed E-state index contributed by atoms with van der Waals surface area (Å²) in [7, 11) is 1.12. The first-order chi connectivity index (χ1) is 12.3. The van der Waals surface area contributed by atoms with Crippen LogP contribution < -0.4 is 0 Å². The van der Waals surface area contributed by atoms with Crippen LogP contribution in [-0.4, -0.2) is 42.0 Å². The molecule has 2 aromatic rings. The highest BCUT2D eigenvalue weighted by atomic mass is 19.4. The Hall–Kier alpha value is -2.77. The molecule has 1 N–H and O–H groups in total. The van der Waals surface area contributed by atoms with Crippen LogP contribution in [0.1, 0.15) is 44.3 Å². The lowest BCUT2D eigenvalue weighted by Gasteiger charge is -2.19. The van der Waals surface area contributed by atoms with Gasteiger partial charge < -0.3 is 14.6 Å². The van der Waals surface area contributed by atoms with E-state index < -0.39 is 23.6 Å². The molecule has 0 aliphatic carbocycles. The monoisotopic (exact) mass is 366 g/mol. The van der Waals surface area contributed by atoms with Gasteiger partial charge in [0.2, 0.25) is 0 Å². The number of benzene rings is 1. The molecule has 1 fully saturated rings. The Balaban J connectivity index is 1.87. The Morgan fingerprint density at radius 3 is 2.65 bits per heavy atom. The summed E-state index contributed by atoms with van der Waals surface area (Å²) < 4.78 is 45.0. The van der Waals surface area contributed by atoms with Crippen LogP contribution in [-0.2, 0) is 10.9 Å². The van der Waals surface area contributed by atoms with E-state index in [4.69, 9.17) is 0 Å². The van der Waals surface area contributed by atoms with Gasteiger partial charge >= 0.3 is 12.1 Å². The summed E-state index contributed by atoms with van der Waals surface area (Å²) in [5.74, 6) is -1.51. The smallest absolute Gasteiger partial charge is 0.416 e. The molecule has 1 aliphatic rings. The molecule has 8 heteroatoms. The largest absolute Gasteiger partial charge is 0.465 e. The number of halogens is 3. The zero-order chi connectivity index (χ0) is 18.9. The summed E-state index contributed by atoms with van der Waals surface area (Å²) in [6, 6.07) is 6.76. The number of hydrogen-bond donors (Lipinski definition) is 1. The predicted octanol–water partition coefficient (Wildman–Crippen LogP) is 3.45. The molecule has 1 aliphatic heterocycles. The summed E-state index contributed by atoms with van der Waals surface area (Å²) in [5.41, 5.74) is -0.518. The standard InChI is InChI=1S/C18H17F3N2O3/c1-26-17(25)11-4-5-13(14(9-11)18(19,20)21)12-6-8-23(10-12)16(24)15-3-2-7-22-15/h2-5,7,9,12,22H,6,8,10H2,1H3. The first-order valence-corrected chi connectivity index (χ1v) is 8.03. The van der Waals surface area contributed by atoms with E-state index in [1.54, 1.807) is 18.3 Å². The van der Waals surface area contributed by atoms with Crippen molar-refractivity contribution in [3.63, 3.8) is 0 Å². The van der Waals surface area contributed by atoms with E-state index in [1.807, 2.05) is 0 Å². The van der Waals surface area contributed by atoms with Gasteiger partial charge in [0.05, 0.1) is 18.2 Å². The molecule has 2 heterocycles. The molecule has 0 radical (unpaired) electrons. The Morgan fingerprint density at radius 2 is 2.04 bits per heavy atom. The van der Waals surface area contributed by atoms with Crippen molar-refractivity contribution in [2.45, 2.75) is 18.5 Å². The molecule has 5 nitrogen and oxygen atoms in total. The van der Waals surface area contributed by atoms with Crippen molar-refractivity contribution in [3.8, 4) is 0 Å². The lowest BCUT2D eigenvalue weighted by atomic mass is 9.91. The Labute approximate surface area is 147 Å². The zero-order valence-corrected chi connectivity index (χ0v) is 14.0. The maximum absolute atomic E-state index is 13.5. The molecule has 1 amide bonds. The van der Waals surface area contributed by atoms with Crippen molar-refractivity contribution < 1.29 is 27.5 Å². The number of nitrogens with one attached hydrogen (secondary N) is 1. The normalized spacial score (nSPS) is 17.4. The minimum absolute atomic E-state index is 0.0898. The number of hydrogen-bond acceptors (Lipinski definition) is 3. The lowest BCUT2D eigenvalue weighted by molar-refractivity contribution is -0.138. The number of rotatable bonds is 3. The highest BCUT2D eigenvalue weighted by molar-refractivity contribution is 5.92. The molecule has 1 aromatic carbocycles. The molecule has 0 spiro atoms. The van der Waals surface area contributed by atoms with E-state index in [9.17, 15) is 22.8 Å². The maximum atomic E-state index is 13.5. The Kier molecular flexibility index (Phi) is 4.76. The van der Waals surface area contributed by atoms with Crippen molar-refractivity contribution >= 4 is 11.9 Å². The molecule has 3 rings (SSSR count). The number of H-pyrrole nitrogens is 1. The van der Waals surface area contributed by atoms with Crippen LogP contribution in [0.25, 0.3) is 0 Å². The number of carbonyl (C=O) groups is 2. The molecule has 1 aromatic heterocycles. The number of nitrogens with zero attached hydrogens (tertiary/aromatic N) is 1. The third-order valence-electron chi connectivity index (χ3n) is 4.52. The number of methoxy groups -OCH3 is 1. The molecule has 0 saturated carbocycles. The van der Waals surface area contributed by atoms with Crippen LogP contribution in [0.15, 0.2) is 36.5 Å². The maximum Gasteiger partial charge on any atom is 0.416 e. The number of carbonyl (C=O) groups excluding carboxylic acids is 2. The third-order valence-corrected chi connectivity index (χ3v) is 4.52. The van der Waals surface area contributed by atoms with Gasteiger partial charge in [0, 0.05) is 25.2 Å². The number of amides is 1. The van der Waals surface area contributed by atoms with Gasteiger partial charge in [0.1, 0.15) is 5.69 Å². The van der Waals surface area contributed by atoms with Crippen LogP contribution >= 0.6 is 0 Å². The van der Waals surface area contributed by atoms with E-state index in [-0.39, 0.29) is 23.6 Å². The molecule has 0 bridgehead atoms. The number of esters is 1. The average Bonchev–Trinajstić information content (AvgIpc) is 3.31. The zero-order valence-electron chi connectivity index (χ0n) is 14.0. The summed E-state index contributed by atoms with van der Waals surface area (Å²) >= 11 is 0. The number of aromatic amines is 1. The van der Waals surface area contributed by atoms with Crippen LogP contribution in [0, 0.1) is 0 Å². The van der Waals surface area contributed by atoms with Gasteiger partial charge in [0.25, 0.3) is 5.91 Å². The highest BCUT2D eigenvalue weighted by Crippen LogP contribution is 2.39. The number of aromatic nitrogens is 1. The van der Waals surface area contributed by atoms with Crippen LogP contribution in [0.4, 0.5) is 13.2 Å². The predicted molar refractivity (Wildman–Crippen MR) is 86.8 cm³/mol. The minimum atomic E-state index is -4.60. The molecule has 26 heavy (non-hydrogen) atoms. The first-order valence-electron chi connectivity index (χ1n) is 8.03. The van der Waals surface area contributed by atoms with E-state index in [2.05, 4.69) is 9.72 Å². The van der Waals surface area contributed by atoms with Gasteiger partial charge in [-0.1, -0.05) is 6.07 Å².